The molecule has 0 unspecified atom stereocenters. The molecule has 1 nitrogen and oxygen atoms in total. The Labute approximate surface area is 121 Å². The SMILES string of the molecule is CC1CCC(CCl)(NCc2sccc2Br)CC1. The summed E-state index contributed by atoms with van der Waals surface area (Å²) in [5.74, 6) is 1.59. The zero-order valence-electron chi connectivity index (χ0n) is 10.1. The molecule has 0 atom stereocenters. The average molecular weight is 337 g/mol. The molecule has 0 bridgehead atoms. The van der Waals surface area contributed by atoms with Crippen LogP contribution in [-0.2, 0) is 6.54 Å². The average Bonchev–Trinajstić information content (AvgIpc) is 2.75. The van der Waals surface area contributed by atoms with Gasteiger partial charge in [-0.3, -0.25) is 0 Å². The normalized spacial score (nSPS) is 29.5. The van der Waals surface area contributed by atoms with Crippen LogP contribution in [0.2, 0.25) is 0 Å². The molecule has 1 aromatic rings. The van der Waals surface area contributed by atoms with E-state index in [9.17, 15) is 0 Å². The standard InChI is InChI=1S/C13H19BrClNS/c1-10-2-5-13(9-15,6-3-10)16-8-12-11(14)4-7-17-12/h4,7,10,16H,2-3,5-6,8-9H2,1H3. The molecule has 0 amide bonds. The Morgan fingerprint density at radius 3 is 2.76 bits per heavy atom. The maximum atomic E-state index is 6.19. The fourth-order valence-corrected chi connectivity index (χ4v) is 4.19. The lowest BCUT2D eigenvalue weighted by Crippen LogP contribution is -2.48. The Kier molecular flexibility index (Phi) is 4.93. The predicted molar refractivity (Wildman–Crippen MR) is 79.9 cm³/mol. The summed E-state index contributed by atoms with van der Waals surface area (Å²) in [6.07, 6.45) is 5.01. The van der Waals surface area contributed by atoms with E-state index in [0.717, 1.165) is 18.3 Å². The summed E-state index contributed by atoms with van der Waals surface area (Å²) < 4.78 is 1.21. The zero-order chi connectivity index (χ0) is 12.3. The molecule has 0 aromatic carbocycles. The minimum absolute atomic E-state index is 0.164. The molecule has 1 aliphatic carbocycles. The van der Waals surface area contributed by atoms with Gasteiger partial charge in [0.15, 0.2) is 0 Å². The highest BCUT2D eigenvalue weighted by Gasteiger charge is 2.32. The number of halogens is 2. The van der Waals surface area contributed by atoms with Gasteiger partial charge >= 0.3 is 0 Å². The molecule has 4 heteroatoms. The van der Waals surface area contributed by atoms with Crippen molar-refractivity contribution in [3.05, 3.63) is 20.8 Å². The first-order valence-electron chi connectivity index (χ1n) is 6.18. The van der Waals surface area contributed by atoms with E-state index < -0.39 is 0 Å². The van der Waals surface area contributed by atoms with Crippen LogP contribution in [0.15, 0.2) is 15.9 Å². The first kappa shape index (κ1) is 13.9. The van der Waals surface area contributed by atoms with E-state index in [1.54, 1.807) is 11.3 Å². The van der Waals surface area contributed by atoms with Crippen LogP contribution in [0, 0.1) is 5.92 Å². The minimum atomic E-state index is 0.164. The Balaban J connectivity index is 1.94. The van der Waals surface area contributed by atoms with E-state index in [0.29, 0.717) is 0 Å². The first-order chi connectivity index (χ1) is 8.15. The van der Waals surface area contributed by atoms with Crippen molar-refractivity contribution in [3.8, 4) is 0 Å². The molecule has 0 saturated heterocycles. The van der Waals surface area contributed by atoms with E-state index >= 15 is 0 Å². The second kappa shape index (κ2) is 6.05. The zero-order valence-corrected chi connectivity index (χ0v) is 13.3. The third kappa shape index (κ3) is 3.46. The Morgan fingerprint density at radius 1 is 1.53 bits per heavy atom. The molecule has 0 aliphatic heterocycles. The molecular formula is C13H19BrClNS. The van der Waals surface area contributed by atoms with Crippen molar-refractivity contribution in [2.24, 2.45) is 5.92 Å². The number of alkyl halides is 1. The molecule has 96 valence electrons. The van der Waals surface area contributed by atoms with Crippen LogP contribution in [0.25, 0.3) is 0 Å². The van der Waals surface area contributed by atoms with Gasteiger partial charge in [-0.15, -0.1) is 22.9 Å². The van der Waals surface area contributed by atoms with Crippen molar-refractivity contribution in [1.29, 1.82) is 0 Å². The molecule has 0 spiro atoms. The third-order valence-corrected chi connectivity index (χ3v) is 6.24. The highest BCUT2D eigenvalue weighted by atomic mass is 79.9. The van der Waals surface area contributed by atoms with Crippen LogP contribution in [0.4, 0.5) is 0 Å². The summed E-state index contributed by atoms with van der Waals surface area (Å²) in [7, 11) is 0. The van der Waals surface area contributed by atoms with Crippen molar-refractivity contribution in [2.45, 2.75) is 44.7 Å². The largest absolute Gasteiger partial charge is 0.305 e. The van der Waals surface area contributed by atoms with Crippen LogP contribution in [-0.4, -0.2) is 11.4 Å². The Bertz CT molecular complexity index is 358. The smallest absolute Gasteiger partial charge is 0.0406 e. The van der Waals surface area contributed by atoms with Crippen LogP contribution in [0.5, 0.6) is 0 Å². The number of nitrogens with one attached hydrogen (secondary N) is 1. The molecular weight excluding hydrogens is 318 g/mol. The molecule has 1 heterocycles. The van der Waals surface area contributed by atoms with Gasteiger partial charge in [-0.1, -0.05) is 6.92 Å². The van der Waals surface area contributed by atoms with E-state index in [-0.39, 0.29) is 5.54 Å². The number of rotatable bonds is 4. The topological polar surface area (TPSA) is 12.0 Å². The monoisotopic (exact) mass is 335 g/mol. The second-order valence-electron chi connectivity index (χ2n) is 5.14. The van der Waals surface area contributed by atoms with Crippen molar-refractivity contribution >= 4 is 38.9 Å². The van der Waals surface area contributed by atoms with Gasteiger partial charge in [0.25, 0.3) is 0 Å². The lowest BCUT2D eigenvalue weighted by atomic mass is 9.78. The van der Waals surface area contributed by atoms with Crippen LogP contribution in [0.3, 0.4) is 0 Å². The van der Waals surface area contributed by atoms with E-state index in [1.807, 2.05) is 0 Å². The summed E-state index contributed by atoms with van der Waals surface area (Å²) >= 11 is 11.6. The minimum Gasteiger partial charge on any atom is -0.305 e. The van der Waals surface area contributed by atoms with Crippen molar-refractivity contribution in [2.75, 3.05) is 5.88 Å². The molecule has 1 saturated carbocycles. The van der Waals surface area contributed by atoms with Crippen molar-refractivity contribution < 1.29 is 0 Å². The van der Waals surface area contributed by atoms with E-state index in [4.69, 9.17) is 11.6 Å². The Hall–Kier alpha value is 0.430. The van der Waals surface area contributed by atoms with Gasteiger partial charge in [-0.2, -0.15) is 0 Å². The summed E-state index contributed by atoms with van der Waals surface area (Å²) in [6.45, 7) is 3.27. The van der Waals surface area contributed by atoms with Gasteiger partial charge in [0.2, 0.25) is 0 Å². The number of hydrogen-bond acceptors (Lipinski definition) is 2. The highest BCUT2D eigenvalue weighted by molar-refractivity contribution is 9.10. The molecule has 1 aromatic heterocycles. The van der Waals surface area contributed by atoms with Gasteiger partial charge in [-0.25, -0.2) is 0 Å². The molecule has 2 rings (SSSR count). The fraction of sp³-hybridized carbons (Fsp3) is 0.692. The predicted octanol–water partition coefficient (Wildman–Crippen LogP) is 4.79. The molecule has 1 fully saturated rings. The number of thiophene rings is 1. The molecule has 1 N–H and O–H groups in total. The van der Waals surface area contributed by atoms with Gasteiger partial charge in [-0.05, 0) is 59.0 Å². The van der Waals surface area contributed by atoms with Crippen LogP contribution >= 0.6 is 38.9 Å². The van der Waals surface area contributed by atoms with Crippen LogP contribution in [0.1, 0.15) is 37.5 Å². The highest BCUT2D eigenvalue weighted by Crippen LogP contribution is 2.33. The second-order valence-corrected chi connectivity index (χ2v) is 7.26. The summed E-state index contributed by atoms with van der Waals surface area (Å²) in [5, 5.41) is 5.82. The molecule has 1 aliphatic rings. The Morgan fingerprint density at radius 2 is 2.24 bits per heavy atom. The fourth-order valence-electron chi connectivity index (χ4n) is 2.39. The maximum absolute atomic E-state index is 6.19. The van der Waals surface area contributed by atoms with E-state index in [1.165, 1.54) is 35.0 Å². The van der Waals surface area contributed by atoms with Crippen molar-refractivity contribution in [1.82, 2.24) is 5.32 Å². The van der Waals surface area contributed by atoms with Gasteiger partial charge < -0.3 is 5.32 Å². The summed E-state index contributed by atoms with van der Waals surface area (Å²) in [5.41, 5.74) is 0.164. The molecule has 17 heavy (non-hydrogen) atoms. The van der Waals surface area contributed by atoms with Crippen LogP contribution < -0.4 is 5.32 Å². The van der Waals surface area contributed by atoms with Gasteiger partial charge in [0.05, 0.1) is 0 Å². The third-order valence-electron chi connectivity index (χ3n) is 3.80. The van der Waals surface area contributed by atoms with Gasteiger partial charge in [0.1, 0.15) is 0 Å². The van der Waals surface area contributed by atoms with Crippen molar-refractivity contribution in [3.63, 3.8) is 0 Å². The summed E-state index contributed by atoms with van der Waals surface area (Å²) in [6, 6.07) is 2.11. The lowest BCUT2D eigenvalue weighted by Gasteiger charge is -2.39. The maximum Gasteiger partial charge on any atom is 0.0406 e. The van der Waals surface area contributed by atoms with Gasteiger partial charge in [0, 0.05) is 27.3 Å². The summed E-state index contributed by atoms with van der Waals surface area (Å²) in [4.78, 5) is 1.37. The lowest BCUT2D eigenvalue weighted by molar-refractivity contribution is 0.216. The number of hydrogen-bond donors (Lipinski definition) is 1. The quantitative estimate of drug-likeness (QED) is 0.780. The molecule has 0 radical (unpaired) electrons. The van der Waals surface area contributed by atoms with E-state index in [2.05, 4.69) is 39.6 Å². The first-order valence-corrected chi connectivity index (χ1v) is 8.39.